The Morgan fingerprint density at radius 3 is 2.35 bits per heavy atom. The van der Waals surface area contributed by atoms with Crippen molar-refractivity contribution < 1.29 is 4.79 Å². The molecular formula is C17H10Cl4N2OS2. The molecule has 0 radical (unpaired) electrons. The number of nitrogens with zero attached hydrogens (tertiary/aromatic N) is 1. The fourth-order valence-electron chi connectivity index (χ4n) is 2.04. The zero-order valence-electron chi connectivity index (χ0n) is 12.9. The van der Waals surface area contributed by atoms with Gasteiger partial charge in [0.1, 0.15) is 0 Å². The molecule has 0 fully saturated rings. The van der Waals surface area contributed by atoms with Crippen molar-refractivity contribution in [1.82, 2.24) is 4.98 Å². The van der Waals surface area contributed by atoms with E-state index >= 15 is 0 Å². The van der Waals surface area contributed by atoms with Gasteiger partial charge >= 0.3 is 0 Å². The lowest BCUT2D eigenvalue weighted by molar-refractivity contribution is -0.113. The van der Waals surface area contributed by atoms with E-state index < -0.39 is 0 Å². The van der Waals surface area contributed by atoms with Gasteiger partial charge in [-0.3, -0.25) is 4.79 Å². The Morgan fingerprint density at radius 1 is 1.04 bits per heavy atom. The van der Waals surface area contributed by atoms with Crippen molar-refractivity contribution in [2.24, 2.45) is 0 Å². The van der Waals surface area contributed by atoms with Crippen LogP contribution in [0.2, 0.25) is 20.1 Å². The maximum absolute atomic E-state index is 12.2. The second-order valence-electron chi connectivity index (χ2n) is 5.09. The quantitative estimate of drug-likeness (QED) is 0.408. The number of aromatic nitrogens is 1. The normalized spacial score (nSPS) is 10.8. The molecule has 0 bridgehead atoms. The van der Waals surface area contributed by atoms with E-state index in [1.165, 1.54) is 35.2 Å². The first kappa shape index (κ1) is 19.8. The zero-order chi connectivity index (χ0) is 18.7. The predicted molar refractivity (Wildman–Crippen MR) is 113 cm³/mol. The smallest absolute Gasteiger partial charge is 0.234 e. The largest absolute Gasteiger partial charge is 0.323 e. The lowest BCUT2D eigenvalue weighted by Crippen LogP contribution is -2.14. The SMILES string of the molecule is O=C(CSc1nc(-c2ccc(Cl)cc2)cs1)Nc1c(Cl)cc(Cl)cc1Cl. The van der Waals surface area contributed by atoms with E-state index in [9.17, 15) is 4.79 Å². The van der Waals surface area contributed by atoms with Crippen molar-refractivity contribution in [2.45, 2.75) is 4.34 Å². The maximum Gasteiger partial charge on any atom is 0.234 e. The third-order valence-electron chi connectivity index (χ3n) is 3.22. The number of halogens is 4. The van der Waals surface area contributed by atoms with E-state index in [1.54, 1.807) is 0 Å². The number of rotatable bonds is 5. The number of hydrogen-bond acceptors (Lipinski definition) is 4. The fraction of sp³-hybridized carbons (Fsp3) is 0.0588. The van der Waals surface area contributed by atoms with Gasteiger partial charge in [0.15, 0.2) is 4.34 Å². The molecule has 0 spiro atoms. The number of thiazole rings is 1. The van der Waals surface area contributed by atoms with E-state index in [1.807, 2.05) is 29.6 Å². The number of amides is 1. The summed E-state index contributed by atoms with van der Waals surface area (Å²) in [6.45, 7) is 0. The number of carbonyl (C=O) groups excluding carboxylic acids is 1. The Kier molecular flexibility index (Phi) is 6.72. The molecule has 1 N–H and O–H groups in total. The van der Waals surface area contributed by atoms with Gasteiger partial charge in [-0.2, -0.15) is 0 Å². The van der Waals surface area contributed by atoms with Gasteiger partial charge in [-0.15, -0.1) is 11.3 Å². The van der Waals surface area contributed by atoms with Crippen molar-refractivity contribution in [2.75, 3.05) is 11.1 Å². The molecule has 1 aromatic heterocycles. The summed E-state index contributed by atoms with van der Waals surface area (Å²) in [5.41, 5.74) is 2.17. The average Bonchev–Trinajstić information content (AvgIpc) is 3.06. The topological polar surface area (TPSA) is 42.0 Å². The number of benzene rings is 2. The molecule has 0 unspecified atom stereocenters. The van der Waals surface area contributed by atoms with Crippen LogP contribution in [0.25, 0.3) is 11.3 Å². The Balaban J connectivity index is 1.61. The lowest BCUT2D eigenvalue weighted by atomic mass is 10.2. The molecule has 0 saturated heterocycles. The minimum absolute atomic E-state index is 0.183. The van der Waals surface area contributed by atoms with Gasteiger partial charge in [-0.25, -0.2) is 4.98 Å². The highest BCUT2D eigenvalue weighted by Crippen LogP contribution is 2.34. The highest BCUT2D eigenvalue weighted by molar-refractivity contribution is 8.01. The molecule has 3 aromatic rings. The number of nitrogens with one attached hydrogen (secondary N) is 1. The fourth-order valence-corrected chi connectivity index (χ4v) is 4.71. The maximum atomic E-state index is 12.2. The highest BCUT2D eigenvalue weighted by atomic mass is 35.5. The van der Waals surface area contributed by atoms with Gasteiger partial charge in [0.2, 0.25) is 5.91 Å². The van der Waals surface area contributed by atoms with Gasteiger partial charge in [0.25, 0.3) is 0 Å². The van der Waals surface area contributed by atoms with Gasteiger partial charge < -0.3 is 5.32 Å². The molecule has 1 heterocycles. The Bertz CT molecular complexity index is 921. The molecule has 3 nitrogen and oxygen atoms in total. The lowest BCUT2D eigenvalue weighted by Gasteiger charge is -2.09. The molecule has 1 amide bonds. The third-order valence-corrected chi connectivity index (χ3v) is 6.31. The molecule has 0 aliphatic carbocycles. The van der Waals surface area contributed by atoms with E-state index in [0.717, 1.165) is 15.6 Å². The summed E-state index contributed by atoms with van der Waals surface area (Å²) in [6, 6.07) is 10.5. The van der Waals surface area contributed by atoms with Crippen LogP contribution >= 0.6 is 69.5 Å². The van der Waals surface area contributed by atoms with Crippen molar-refractivity contribution >= 4 is 81.1 Å². The van der Waals surface area contributed by atoms with Gasteiger partial charge in [0, 0.05) is 21.0 Å². The van der Waals surface area contributed by atoms with Crippen LogP contribution < -0.4 is 5.32 Å². The van der Waals surface area contributed by atoms with Crippen molar-refractivity contribution in [3.63, 3.8) is 0 Å². The van der Waals surface area contributed by atoms with Crippen molar-refractivity contribution in [3.05, 3.63) is 61.9 Å². The van der Waals surface area contributed by atoms with Crippen LogP contribution in [-0.2, 0) is 4.79 Å². The summed E-state index contributed by atoms with van der Waals surface area (Å²) >= 11 is 26.7. The van der Waals surface area contributed by atoms with E-state index in [0.29, 0.717) is 25.8 Å². The van der Waals surface area contributed by atoms with Crippen LogP contribution in [0.4, 0.5) is 5.69 Å². The van der Waals surface area contributed by atoms with Gasteiger partial charge in [-0.1, -0.05) is 70.3 Å². The highest BCUT2D eigenvalue weighted by Gasteiger charge is 2.13. The minimum atomic E-state index is -0.232. The van der Waals surface area contributed by atoms with E-state index in [-0.39, 0.29) is 11.7 Å². The molecule has 0 aliphatic heterocycles. The van der Waals surface area contributed by atoms with Crippen LogP contribution in [0.5, 0.6) is 0 Å². The van der Waals surface area contributed by atoms with Crippen LogP contribution in [-0.4, -0.2) is 16.6 Å². The summed E-state index contributed by atoms with van der Waals surface area (Å²) < 4.78 is 0.790. The second kappa shape index (κ2) is 8.83. The molecule has 0 saturated carbocycles. The molecule has 3 rings (SSSR count). The molecule has 134 valence electrons. The first-order valence-corrected chi connectivity index (χ1v) is 10.6. The predicted octanol–water partition coefficient (Wildman–Crippen LogP) is 7.15. The first-order valence-electron chi connectivity index (χ1n) is 7.21. The number of thioether (sulfide) groups is 1. The monoisotopic (exact) mass is 462 g/mol. The molecule has 2 aromatic carbocycles. The van der Waals surface area contributed by atoms with Gasteiger partial charge in [-0.05, 0) is 24.3 Å². The standard InChI is InChI=1S/C17H10Cl4N2OS2/c18-10-3-1-9(2-4-10)14-7-25-17(22-14)26-8-15(24)23-16-12(20)5-11(19)6-13(16)21/h1-7H,8H2,(H,23,24). The van der Waals surface area contributed by atoms with Crippen LogP contribution in [0, 0.1) is 0 Å². The molecule has 0 atom stereocenters. The first-order chi connectivity index (χ1) is 12.4. The van der Waals surface area contributed by atoms with Crippen molar-refractivity contribution in [1.29, 1.82) is 0 Å². The summed E-state index contributed by atoms with van der Waals surface area (Å²) in [7, 11) is 0. The van der Waals surface area contributed by atoms with Crippen LogP contribution in [0.15, 0.2) is 46.1 Å². The Morgan fingerprint density at radius 2 is 1.69 bits per heavy atom. The summed E-state index contributed by atoms with van der Waals surface area (Å²) in [5.74, 6) is -0.0487. The van der Waals surface area contributed by atoms with Gasteiger partial charge in [0.05, 0.1) is 27.2 Å². The minimum Gasteiger partial charge on any atom is -0.323 e. The van der Waals surface area contributed by atoms with Crippen molar-refractivity contribution in [3.8, 4) is 11.3 Å². The van der Waals surface area contributed by atoms with E-state index in [2.05, 4.69) is 10.3 Å². The van der Waals surface area contributed by atoms with Crippen LogP contribution in [0.3, 0.4) is 0 Å². The molecule has 26 heavy (non-hydrogen) atoms. The number of hydrogen-bond donors (Lipinski definition) is 1. The van der Waals surface area contributed by atoms with Crippen LogP contribution in [0.1, 0.15) is 0 Å². The summed E-state index contributed by atoms with van der Waals surface area (Å²) in [5, 5.41) is 6.31. The molecular weight excluding hydrogens is 454 g/mol. The summed E-state index contributed by atoms with van der Waals surface area (Å²) in [6.07, 6.45) is 0. The zero-order valence-corrected chi connectivity index (χ0v) is 17.6. The molecule has 0 aliphatic rings. The third kappa shape index (κ3) is 5.06. The second-order valence-corrected chi connectivity index (χ2v) is 8.85. The Hall–Kier alpha value is -0.950. The average molecular weight is 464 g/mol. The molecule has 9 heteroatoms. The summed E-state index contributed by atoms with van der Waals surface area (Å²) in [4.78, 5) is 16.7. The number of anilines is 1. The Labute approximate surface area is 178 Å². The number of carbonyl (C=O) groups is 1. The van der Waals surface area contributed by atoms with E-state index in [4.69, 9.17) is 46.4 Å².